The molecule has 2 aromatic rings. The molecule has 0 saturated carbocycles. The fourth-order valence-corrected chi connectivity index (χ4v) is 3.73. The van der Waals surface area contributed by atoms with Crippen LogP contribution in [0.15, 0.2) is 36.0 Å². The van der Waals surface area contributed by atoms with E-state index in [1.807, 2.05) is 29.9 Å². The van der Waals surface area contributed by atoms with Crippen molar-refractivity contribution in [3.05, 3.63) is 46.4 Å². The Morgan fingerprint density at radius 1 is 1.32 bits per heavy atom. The molecular weight excluding hydrogens is 298 g/mol. The van der Waals surface area contributed by atoms with Crippen LogP contribution < -0.4 is 10.1 Å². The highest BCUT2D eigenvalue weighted by atomic mass is 32.1. The summed E-state index contributed by atoms with van der Waals surface area (Å²) in [5, 5.41) is 3.07. The van der Waals surface area contributed by atoms with Crippen molar-refractivity contribution in [2.75, 3.05) is 13.1 Å². The lowest BCUT2D eigenvalue weighted by atomic mass is 9.97. The van der Waals surface area contributed by atoms with Gasteiger partial charge in [-0.3, -0.25) is 14.7 Å². The summed E-state index contributed by atoms with van der Waals surface area (Å²) in [5.41, 5.74) is 1.94. The minimum Gasteiger partial charge on any atom is -0.467 e. The van der Waals surface area contributed by atoms with E-state index < -0.39 is 5.72 Å². The average Bonchev–Trinajstić information content (AvgIpc) is 3.03. The van der Waals surface area contributed by atoms with Crippen LogP contribution in [0.2, 0.25) is 0 Å². The smallest absolute Gasteiger partial charge is 0.258 e. The number of likely N-dealkylation sites (tertiary alicyclic amines) is 1. The zero-order valence-electron chi connectivity index (χ0n) is 12.1. The molecule has 114 valence electrons. The number of carbonyl (C=O) groups excluding carboxylic acids is 1. The van der Waals surface area contributed by atoms with Gasteiger partial charge in [0.2, 0.25) is 0 Å². The molecule has 6 heteroatoms. The van der Waals surface area contributed by atoms with Gasteiger partial charge in [0, 0.05) is 43.5 Å². The normalized spacial score (nSPS) is 20.3. The van der Waals surface area contributed by atoms with Crippen LogP contribution in [0.3, 0.4) is 0 Å². The topological polar surface area (TPSA) is 54.5 Å². The molecule has 1 saturated heterocycles. The number of fused-ring (bicyclic) bond motifs is 1. The van der Waals surface area contributed by atoms with E-state index in [9.17, 15) is 4.79 Å². The SMILES string of the molecule is O=C1NC2(CCN(Cc3cncs3)CC2)Oc2ccccc21. The first-order valence-electron chi connectivity index (χ1n) is 7.44. The maximum atomic E-state index is 12.3. The van der Waals surface area contributed by atoms with Crippen molar-refractivity contribution in [1.82, 2.24) is 15.2 Å². The highest BCUT2D eigenvalue weighted by Gasteiger charge is 2.42. The summed E-state index contributed by atoms with van der Waals surface area (Å²) in [4.78, 5) is 20.1. The van der Waals surface area contributed by atoms with E-state index in [1.54, 1.807) is 17.4 Å². The van der Waals surface area contributed by atoms with Crippen LogP contribution in [-0.4, -0.2) is 34.6 Å². The van der Waals surface area contributed by atoms with Crippen molar-refractivity contribution < 1.29 is 9.53 Å². The van der Waals surface area contributed by atoms with Crippen LogP contribution in [-0.2, 0) is 6.54 Å². The summed E-state index contributed by atoms with van der Waals surface area (Å²) in [5.74, 6) is 0.667. The van der Waals surface area contributed by atoms with Gasteiger partial charge in [-0.1, -0.05) is 12.1 Å². The minimum absolute atomic E-state index is 0.0299. The van der Waals surface area contributed by atoms with Gasteiger partial charge in [0.15, 0.2) is 5.72 Å². The quantitative estimate of drug-likeness (QED) is 0.923. The number of hydrogen-bond donors (Lipinski definition) is 1. The number of ether oxygens (including phenoxy) is 1. The fraction of sp³-hybridized carbons (Fsp3) is 0.375. The van der Waals surface area contributed by atoms with Gasteiger partial charge in [0.1, 0.15) is 5.75 Å². The Bertz CT molecular complexity index is 678. The first kappa shape index (κ1) is 13.7. The number of rotatable bonds is 2. The molecule has 22 heavy (non-hydrogen) atoms. The second-order valence-corrected chi connectivity index (χ2v) is 6.76. The zero-order chi connectivity index (χ0) is 15.0. The van der Waals surface area contributed by atoms with Gasteiger partial charge in [0.05, 0.1) is 11.1 Å². The summed E-state index contributed by atoms with van der Waals surface area (Å²) < 4.78 is 6.15. The summed E-state index contributed by atoms with van der Waals surface area (Å²) in [6, 6.07) is 7.44. The second kappa shape index (κ2) is 5.37. The monoisotopic (exact) mass is 315 g/mol. The number of amides is 1. The lowest BCUT2D eigenvalue weighted by Crippen LogP contribution is -2.60. The molecule has 0 radical (unpaired) electrons. The lowest BCUT2D eigenvalue weighted by molar-refractivity contribution is -0.0302. The van der Waals surface area contributed by atoms with E-state index in [1.165, 1.54) is 4.88 Å². The van der Waals surface area contributed by atoms with Crippen LogP contribution >= 0.6 is 11.3 Å². The largest absolute Gasteiger partial charge is 0.467 e. The predicted molar refractivity (Wildman–Crippen MR) is 83.9 cm³/mol. The molecule has 1 N–H and O–H groups in total. The zero-order valence-corrected chi connectivity index (χ0v) is 12.9. The maximum absolute atomic E-state index is 12.3. The molecule has 2 aliphatic heterocycles. The van der Waals surface area contributed by atoms with Gasteiger partial charge in [-0.2, -0.15) is 0 Å². The fourth-order valence-electron chi connectivity index (χ4n) is 3.09. The molecule has 1 aromatic carbocycles. The van der Waals surface area contributed by atoms with Gasteiger partial charge in [0.25, 0.3) is 5.91 Å². The van der Waals surface area contributed by atoms with Gasteiger partial charge < -0.3 is 10.1 Å². The molecular formula is C16H17N3O2S. The van der Waals surface area contributed by atoms with E-state index in [0.29, 0.717) is 11.3 Å². The van der Waals surface area contributed by atoms with Crippen molar-refractivity contribution >= 4 is 17.2 Å². The van der Waals surface area contributed by atoms with Crippen LogP contribution in [0.5, 0.6) is 5.75 Å². The van der Waals surface area contributed by atoms with Crippen LogP contribution in [0.25, 0.3) is 0 Å². The molecule has 1 aromatic heterocycles. The highest BCUT2D eigenvalue weighted by molar-refractivity contribution is 7.09. The Labute approximate surface area is 132 Å². The average molecular weight is 315 g/mol. The molecule has 0 atom stereocenters. The number of thiazole rings is 1. The van der Waals surface area contributed by atoms with Gasteiger partial charge in [-0.05, 0) is 12.1 Å². The summed E-state index contributed by atoms with van der Waals surface area (Å²) in [6.07, 6.45) is 3.52. The Morgan fingerprint density at radius 2 is 2.14 bits per heavy atom. The number of hydrogen-bond acceptors (Lipinski definition) is 5. The molecule has 0 aliphatic carbocycles. The highest BCUT2D eigenvalue weighted by Crippen LogP contribution is 2.33. The van der Waals surface area contributed by atoms with Crippen LogP contribution in [0.1, 0.15) is 28.1 Å². The minimum atomic E-state index is -0.546. The van der Waals surface area contributed by atoms with Crippen molar-refractivity contribution in [3.63, 3.8) is 0 Å². The van der Waals surface area contributed by atoms with Gasteiger partial charge >= 0.3 is 0 Å². The number of piperidine rings is 1. The van der Waals surface area contributed by atoms with Gasteiger partial charge in [-0.25, -0.2) is 0 Å². The van der Waals surface area contributed by atoms with Crippen LogP contribution in [0.4, 0.5) is 0 Å². The number of aromatic nitrogens is 1. The Kier molecular flexibility index (Phi) is 3.35. The second-order valence-electron chi connectivity index (χ2n) is 5.79. The third-order valence-electron chi connectivity index (χ3n) is 4.30. The third-order valence-corrected chi connectivity index (χ3v) is 5.07. The van der Waals surface area contributed by atoms with E-state index in [4.69, 9.17) is 4.74 Å². The molecule has 0 bridgehead atoms. The maximum Gasteiger partial charge on any atom is 0.258 e. The predicted octanol–water partition coefficient (Wildman–Crippen LogP) is 2.26. The number of nitrogens with zero attached hydrogens (tertiary/aromatic N) is 2. The number of nitrogens with one attached hydrogen (secondary N) is 1. The lowest BCUT2D eigenvalue weighted by Gasteiger charge is -2.44. The van der Waals surface area contributed by atoms with E-state index in [0.717, 1.165) is 32.5 Å². The van der Waals surface area contributed by atoms with E-state index in [2.05, 4.69) is 15.2 Å². The van der Waals surface area contributed by atoms with Crippen molar-refractivity contribution in [2.24, 2.45) is 0 Å². The molecule has 3 heterocycles. The van der Waals surface area contributed by atoms with E-state index >= 15 is 0 Å². The molecule has 5 nitrogen and oxygen atoms in total. The van der Waals surface area contributed by atoms with Crippen LogP contribution in [0, 0.1) is 0 Å². The molecule has 0 unspecified atom stereocenters. The number of carbonyl (C=O) groups is 1. The number of para-hydroxylation sites is 1. The molecule has 4 rings (SSSR count). The van der Waals surface area contributed by atoms with Crippen molar-refractivity contribution in [1.29, 1.82) is 0 Å². The summed E-state index contributed by atoms with van der Waals surface area (Å²) >= 11 is 1.68. The van der Waals surface area contributed by atoms with Crippen molar-refractivity contribution in [2.45, 2.75) is 25.1 Å². The Balaban J connectivity index is 1.46. The number of benzene rings is 1. The molecule has 2 aliphatic rings. The first-order chi connectivity index (χ1) is 10.7. The Morgan fingerprint density at radius 3 is 2.91 bits per heavy atom. The van der Waals surface area contributed by atoms with Gasteiger partial charge in [-0.15, -0.1) is 11.3 Å². The van der Waals surface area contributed by atoms with E-state index in [-0.39, 0.29) is 5.91 Å². The first-order valence-corrected chi connectivity index (χ1v) is 8.32. The summed E-state index contributed by atoms with van der Waals surface area (Å²) in [6.45, 7) is 2.73. The summed E-state index contributed by atoms with van der Waals surface area (Å²) in [7, 11) is 0. The molecule has 1 fully saturated rings. The molecule has 1 spiro atoms. The van der Waals surface area contributed by atoms with Crippen molar-refractivity contribution in [3.8, 4) is 5.75 Å². The Hall–Kier alpha value is -1.92. The third kappa shape index (κ3) is 2.48. The standard InChI is InChI=1S/C16H17N3O2S/c20-15-13-3-1-2-4-14(13)21-16(18-15)5-7-19(8-6-16)10-12-9-17-11-22-12/h1-4,9,11H,5-8,10H2,(H,18,20). The molecule has 1 amide bonds.